The van der Waals surface area contributed by atoms with Gasteiger partial charge in [-0.3, -0.25) is 0 Å². The quantitative estimate of drug-likeness (QED) is 0.121. The molecule has 22 aromatic rings. The van der Waals surface area contributed by atoms with Gasteiger partial charge in [0.15, 0.2) is 0 Å². The van der Waals surface area contributed by atoms with Gasteiger partial charge in [-0.1, -0.05) is 429 Å². The van der Waals surface area contributed by atoms with Gasteiger partial charge in [0.1, 0.15) is 0 Å². The maximum absolute atomic E-state index is 2.45. The molecule has 0 saturated heterocycles. The van der Waals surface area contributed by atoms with Gasteiger partial charge in [0.2, 0.25) is 0 Å². The lowest BCUT2D eigenvalue weighted by Crippen LogP contribution is -2.16. The van der Waals surface area contributed by atoms with Crippen LogP contribution in [-0.4, -0.2) is 0 Å². The Morgan fingerprint density at radius 3 is 0.710 bits per heavy atom. The fourth-order valence-corrected chi connectivity index (χ4v) is 25.8. The Hall–Kier alpha value is -16.7. The van der Waals surface area contributed by atoms with Gasteiger partial charge in [-0.15, -0.1) is 0 Å². The SMILES string of the molecule is CC1(C)c2cc(N(c3ccc(-c4ccccc4)cc3)c3ccc4ccc5c(c4c3)-c3ccccc3C5(C)C)ccc2-c2cc3ccccc3cc21.CC1(C)c2ccccc2-c2cc(N(c3ccc(-c4ccccc4)cc3)c3ccc4ccc5c(c4c3)-c3ccccc3C5(C)C)ccc21.CC1(C)c2ccccc2-c2ccc(N(c3ccc(-c4ccccc4)cc3)c3ccc4ccc5c(c4c3)-c3ccccc3C5(C)C)cc21. The Morgan fingerprint density at radius 1 is 0.124 bits per heavy atom. The summed E-state index contributed by atoms with van der Waals surface area (Å²) in [5.41, 5.74) is 50.3. The molecule has 6 aliphatic rings. The number of hydrogen-bond acceptors (Lipinski definition) is 3. The molecule has 145 heavy (non-hydrogen) atoms. The van der Waals surface area contributed by atoms with Crippen molar-refractivity contribution in [2.75, 3.05) is 14.7 Å². The molecule has 3 heteroatoms. The first kappa shape index (κ1) is 88.5. The Morgan fingerprint density at radius 2 is 0.338 bits per heavy atom. The molecule has 0 heterocycles. The molecule has 0 fully saturated rings. The second-order valence-corrected chi connectivity index (χ2v) is 43.8. The van der Waals surface area contributed by atoms with Crippen molar-refractivity contribution in [1.82, 2.24) is 0 Å². The van der Waals surface area contributed by atoms with Crippen LogP contribution in [0.2, 0.25) is 0 Å². The van der Waals surface area contributed by atoms with E-state index in [-0.39, 0.29) is 32.5 Å². The molecule has 0 amide bonds. The lowest BCUT2D eigenvalue weighted by Gasteiger charge is -2.29. The largest absolute Gasteiger partial charge is 0.310 e. The highest BCUT2D eigenvalue weighted by molar-refractivity contribution is 6.09. The predicted octanol–water partition coefficient (Wildman–Crippen LogP) is 38.9. The van der Waals surface area contributed by atoms with E-state index in [9.17, 15) is 0 Å². The summed E-state index contributed by atoms with van der Waals surface area (Å²) >= 11 is 0. The summed E-state index contributed by atoms with van der Waals surface area (Å²) in [5.74, 6) is 0. The molecular formula is C142H113N3. The van der Waals surface area contributed by atoms with Gasteiger partial charge < -0.3 is 14.7 Å². The number of hydrogen-bond donors (Lipinski definition) is 0. The minimum absolute atomic E-state index is 0.0314. The Labute approximate surface area is 852 Å². The number of benzene rings is 22. The third kappa shape index (κ3) is 14.1. The van der Waals surface area contributed by atoms with Crippen LogP contribution in [0.1, 0.15) is 150 Å². The van der Waals surface area contributed by atoms with Crippen LogP contribution in [0.25, 0.3) is 143 Å². The molecule has 0 aromatic heterocycles. The summed E-state index contributed by atoms with van der Waals surface area (Å²) in [6.07, 6.45) is 0. The molecule has 22 aromatic carbocycles. The van der Waals surface area contributed by atoms with Crippen LogP contribution in [0.5, 0.6) is 0 Å². The summed E-state index contributed by atoms with van der Waals surface area (Å²) in [6.45, 7) is 28.3. The Balaban J connectivity index is 0.000000111. The summed E-state index contributed by atoms with van der Waals surface area (Å²) in [4.78, 5) is 7.34. The van der Waals surface area contributed by atoms with E-state index in [1.165, 1.54) is 221 Å². The van der Waals surface area contributed by atoms with Gasteiger partial charge in [-0.2, -0.15) is 0 Å². The highest BCUT2D eigenvalue weighted by Gasteiger charge is 2.44. The van der Waals surface area contributed by atoms with E-state index in [0.717, 1.165) is 39.8 Å². The minimum atomic E-state index is -0.132. The molecule has 0 spiro atoms. The van der Waals surface area contributed by atoms with Crippen LogP contribution >= 0.6 is 0 Å². The number of nitrogens with zero attached hydrogens (tertiary/aromatic N) is 3. The van der Waals surface area contributed by atoms with Crippen LogP contribution in [0.4, 0.5) is 51.2 Å². The molecule has 0 aliphatic heterocycles. The fourth-order valence-electron chi connectivity index (χ4n) is 25.8. The molecule has 6 aliphatic carbocycles. The van der Waals surface area contributed by atoms with Gasteiger partial charge in [0.05, 0.1) is 0 Å². The average Bonchev–Trinajstić information content (AvgIpc) is 1.58. The molecule has 0 bridgehead atoms. The normalized spacial score (nSPS) is 14.7. The van der Waals surface area contributed by atoms with Gasteiger partial charge in [0.25, 0.3) is 0 Å². The van der Waals surface area contributed by atoms with Gasteiger partial charge >= 0.3 is 0 Å². The van der Waals surface area contributed by atoms with Crippen LogP contribution in [0, 0.1) is 0 Å². The van der Waals surface area contributed by atoms with Gasteiger partial charge in [0, 0.05) is 83.7 Å². The molecule has 0 saturated carbocycles. The van der Waals surface area contributed by atoms with Crippen molar-refractivity contribution in [1.29, 1.82) is 0 Å². The van der Waals surface area contributed by atoms with Crippen LogP contribution in [0.3, 0.4) is 0 Å². The third-order valence-corrected chi connectivity index (χ3v) is 33.6. The summed E-state index contributed by atoms with van der Waals surface area (Å²) in [6, 6.07) is 174. The summed E-state index contributed by atoms with van der Waals surface area (Å²) in [5, 5.41) is 10.3. The average molecular weight is 1860 g/mol. The standard InChI is InChI=1S/C50H39N.2C46H37N/c1-49(2)44-17-11-10-16-41(44)48-42-30-38(24-20-34(42)21-27-45(48)49)51(37-22-18-33(19-23-37)32-12-6-5-7-13-32)39-25-26-40-43-28-35-14-8-9-15-36(35)29-46(43)50(3,4)47(40)31-39;1-45(2)41-17-11-9-15-38(41)44-39-28-34(24-20-32(39)21-27-42(44)45)47(33-22-18-31(19-23-33)30-12-6-5-7-13-30)35-25-26-37-36-14-8-10-16-40(36)46(3,4)43(37)29-35;1-45(2)40-16-10-8-14-36(40)39-29-35(25-27-42(39)45)47(33-22-18-31(19-23-33)30-12-6-5-7-13-30)34-24-20-32-21-26-43-44(38(32)28-34)37-15-9-11-17-41(37)46(43,3)4/h5-31H,1-4H3;2*5-29H,1-4H3. The zero-order chi connectivity index (χ0) is 98.3. The fraction of sp³-hybridized carbons (Fsp3) is 0.127. The first-order valence-corrected chi connectivity index (χ1v) is 51.5. The first-order chi connectivity index (χ1) is 70.4. The van der Waals surface area contributed by atoms with Crippen LogP contribution in [-0.2, 0) is 32.5 Å². The number of anilines is 9. The molecule has 0 unspecified atom stereocenters. The van der Waals surface area contributed by atoms with E-state index in [0.29, 0.717) is 0 Å². The van der Waals surface area contributed by atoms with E-state index < -0.39 is 0 Å². The summed E-state index contributed by atoms with van der Waals surface area (Å²) < 4.78 is 0. The molecular weight excluding hydrogens is 1750 g/mol. The van der Waals surface area contributed by atoms with E-state index in [2.05, 4.69) is 565 Å². The molecule has 0 atom stereocenters. The number of rotatable bonds is 12. The maximum atomic E-state index is 2.45. The summed E-state index contributed by atoms with van der Waals surface area (Å²) in [7, 11) is 0. The number of fused-ring (bicyclic) bond motifs is 25. The lowest BCUT2D eigenvalue weighted by atomic mass is 9.81. The van der Waals surface area contributed by atoms with Crippen molar-refractivity contribution in [3.8, 4) is 100 Å². The van der Waals surface area contributed by atoms with Crippen molar-refractivity contribution in [2.45, 2.75) is 116 Å². The van der Waals surface area contributed by atoms with Crippen LogP contribution in [0.15, 0.2) is 467 Å². The Bertz CT molecular complexity index is 9020. The Kier molecular flexibility index (Phi) is 20.4. The highest BCUT2D eigenvalue weighted by Crippen LogP contribution is 2.60. The lowest BCUT2D eigenvalue weighted by molar-refractivity contribution is 0.660. The topological polar surface area (TPSA) is 9.72 Å². The molecule has 28 rings (SSSR count). The molecule has 3 nitrogen and oxygen atoms in total. The smallest absolute Gasteiger partial charge is 0.0468 e. The van der Waals surface area contributed by atoms with E-state index in [1.807, 2.05) is 0 Å². The van der Waals surface area contributed by atoms with Crippen molar-refractivity contribution >= 4 is 94.3 Å². The zero-order valence-electron chi connectivity index (χ0n) is 84.3. The minimum Gasteiger partial charge on any atom is -0.310 e. The van der Waals surface area contributed by atoms with E-state index in [1.54, 1.807) is 0 Å². The zero-order valence-corrected chi connectivity index (χ0v) is 84.3. The van der Waals surface area contributed by atoms with Gasteiger partial charge in [-0.05, 0) is 331 Å². The molecule has 0 N–H and O–H groups in total. The monoisotopic (exact) mass is 1860 g/mol. The second kappa shape index (κ2) is 33.5. The second-order valence-electron chi connectivity index (χ2n) is 43.8. The first-order valence-electron chi connectivity index (χ1n) is 51.5. The van der Waals surface area contributed by atoms with Crippen molar-refractivity contribution in [3.63, 3.8) is 0 Å². The van der Waals surface area contributed by atoms with Gasteiger partial charge in [-0.25, -0.2) is 0 Å². The van der Waals surface area contributed by atoms with Crippen molar-refractivity contribution in [3.05, 3.63) is 534 Å². The highest BCUT2D eigenvalue weighted by atomic mass is 15.2. The maximum Gasteiger partial charge on any atom is 0.0468 e. The molecule has 0 radical (unpaired) electrons. The van der Waals surface area contributed by atoms with Crippen LogP contribution < -0.4 is 14.7 Å². The van der Waals surface area contributed by atoms with E-state index in [4.69, 9.17) is 0 Å². The van der Waals surface area contributed by atoms with Crippen molar-refractivity contribution in [2.24, 2.45) is 0 Å². The predicted molar refractivity (Wildman–Crippen MR) is 615 cm³/mol. The van der Waals surface area contributed by atoms with Crippen molar-refractivity contribution < 1.29 is 0 Å². The molecule has 696 valence electrons. The third-order valence-electron chi connectivity index (χ3n) is 33.6. The van der Waals surface area contributed by atoms with E-state index >= 15 is 0 Å².